The standard InChI is InChI=1S/C42H57N5O9S/c1-10-12-16-22-57(52,53)46-37(48)31(17-11-2)44-38(49)34-24-29(26-47(34)39(50)36(41(3,4)5)45-40(51)56-42(6,7)8)55-35-25-32(27-18-14-13-15-19-27)43-33-23-28(54-9)20-21-30(33)35/h10,13-15,18-21,23,25,29,31,34,36H,1,11-12,16-17,22,24,26H2,2-9H3,(H,44,49)(H,45,51)(H,46,48)/t29-,31+,34+,36-/m1/s1. The summed E-state index contributed by atoms with van der Waals surface area (Å²) in [6.07, 6.45) is 1.39. The number of unbranched alkanes of at least 4 members (excludes halogenated alkanes) is 1. The Kier molecular flexibility index (Phi) is 14.7. The van der Waals surface area contributed by atoms with Crippen LogP contribution >= 0.6 is 0 Å². The number of carbonyl (C=O) groups is 4. The molecule has 1 aliphatic heterocycles. The smallest absolute Gasteiger partial charge is 0.408 e. The molecule has 0 saturated carbocycles. The Morgan fingerprint density at radius 3 is 2.33 bits per heavy atom. The molecule has 4 atom stereocenters. The molecule has 15 heteroatoms. The van der Waals surface area contributed by atoms with Crippen LogP contribution in [-0.4, -0.2) is 91.4 Å². The number of aromatic nitrogens is 1. The van der Waals surface area contributed by atoms with Crippen molar-refractivity contribution in [2.45, 2.75) is 110 Å². The number of nitrogens with zero attached hydrogens (tertiary/aromatic N) is 2. The largest absolute Gasteiger partial charge is 0.497 e. The molecule has 0 aliphatic carbocycles. The summed E-state index contributed by atoms with van der Waals surface area (Å²) in [7, 11) is -2.42. The van der Waals surface area contributed by atoms with E-state index in [9.17, 15) is 27.6 Å². The summed E-state index contributed by atoms with van der Waals surface area (Å²) in [5.74, 6) is -1.34. The Morgan fingerprint density at radius 1 is 1.02 bits per heavy atom. The number of hydrogen-bond acceptors (Lipinski definition) is 10. The normalized spacial score (nSPS) is 16.9. The topological polar surface area (TPSA) is 182 Å². The zero-order valence-electron chi connectivity index (χ0n) is 34.2. The van der Waals surface area contributed by atoms with Gasteiger partial charge >= 0.3 is 6.09 Å². The Hall–Kier alpha value is -5.18. The van der Waals surface area contributed by atoms with E-state index in [1.54, 1.807) is 73.8 Å². The Morgan fingerprint density at radius 2 is 1.72 bits per heavy atom. The van der Waals surface area contributed by atoms with Gasteiger partial charge in [-0.3, -0.25) is 19.1 Å². The predicted octanol–water partition coefficient (Wildman–Crippen LogP) is 5.90. The second-order valence-electron chi connectivity index (χ2n) is 16.2. The van der Waals surface area contributed by atoms with Crippen LogP contribution in [0.4, 0.5) is 4.79 Å². The highest BCUT2D eigenvalue weighted by atomic mass is 32.2. The maximum atomic E-state index is 14.6. The Balaban J connectivity index is 1.72. The van der Waals surface area contributed by atoms with Crippen LogP contribution in [0.1, 0.15) is 80.6 Å². The summed E-state index contributed by atoms with van der Waals surface area (Å²) in [6.45, 7) is 15.8. The molecule has 1 saturated heterocycles. The first-order chi connectivity index (χ1) is 26.7. The molecule has 2 heterocycles. The Labute approximate surface area is 336 Å². The third kappa shape index (κ3) is 12.4. The van der Waals surface area contributed by atoms with Gasteiger partial charge in [0.05, 0.1) is 30.6 Å². The number of rotatable bonds is 16. The molecule has 2 aromatic carbocycles. The quantitative estimate of drug-likeness (QED) is 0.117. The molecule has 0 unspecified atom stereocenters. The van der Waals surface area contributed by atoms with Crippen molar-refractivity contribution in [3.63, 3.8) is 0 Å². The molecule has 0 spiro atoms. The van der Waals surface area contributed by atoms with Crippen LogP contribution in [0.15, 0.2) is 67.3 Å². The van der Waals surface area contributed by atoms with Gasteiger partial charge in [-0.2, -0.15) is 0 Å². The molecule has 1 fully saturated rings. The highest BCUT2D eigenvalue weighted by Crippen LogP contribution is 2.35. The lowest BCUT2D eigenvalue weighted by Crippen LogP contribution is -2.59. The second-order valence-corrected chi connectivity index (χ2v) is 18.1. The van der Waals surface area contributed by atoms with Gasteiger partial charge in [0.2, 0.25) is 21.8 Å². The molecule has 57 heavy (non-hydrogen) atoms. The third-order valence-electron chi connectivity index (χ3n) is 9.25. The van der Waals surface area contributed by atoms with E-state index in [0.717, 1.165) is 5.56 Å². The minimum Gasteiger partial charge on any atom is -0.497 e. The maximum absolute atomic E-state index is 14.6. The molecule has 1 aromatic heterocycles. The van der Waals surface area contributed by atoms with Crippen molar-refractivity contribution in [2.75, 3.05) is 19.4 Å². The van der Waals surface area contributed by atoms with Gasteiger partial charge in [0.25, 0.3) is 5.91 Å². The van der Waals surface area contributed by atoms with E-state index in [1.807, 2.05) is 42.5 Å². The van der Waals surface area contributed by atoms with Gasteiger partial charge < -0.3 is 29.7 Å². The van der Waals surface area contributed by atoms with Crippen molar-refractivity contribution in [3.8, 4) is 22.8 Å². The van der Waals surface area contributed by atoms with Gasteiger partial charge in [0.1, 0.15) is 41.3 Å². The number of nitrogens with one attached hydrogen (secondary N) is 3. The van der Waals surface area contributed by atoms with Gasteiger partial charge in [-0.15, -0.1) is 6.58 Å². The number of benzene rings is 2. The highest BCUT2D eigenvalue weighted by molar-refractivity contribution is 7.90. The minimum absolute atomic E-state index is 0.0157. The van der Waals surface area contributed by atoms with Crippen LogP contribution in [0.2, 0.25) is 0 Å². The van der Waals surface area contributed by atoms with Gasteiger partial charge in [0.15, 0.2) is 0 Å². The molecular formula is C42H57N5O9S. The first-order valence-corrected chi connectivity index (χ1v) is 20.9. The molecule has 0 radical (unpaired) electrons. The van der Waals surface area contributed by atoms with E-state index in [0.29, 0.717) is 40.9 Å². The summed E-state index contributed by atoms with van der Waals surface area (Å²) < 4.78 is 45.1. The summed E-state index contributed by atoms with van der Waals surface area (Å²) in [5.41, 5.74) is 0.413. The van der Waals surface area contributed by atoms with Crippen LogP contribution in [-0.2, 0) is 29.1 Å². The van der Waals surface area contributed by atoms with E-state index in [-0.39, 0.29) is 31.6 Å². The molecule has 1 aliphatic rings. The molecule has 310 valence electrons. The van der Waals surface area contributed by atoms with Crippen molar-refractivity contribution in [1.82, 2.24) is 25.2 Å². The zero-order chi connectivity index (χ0) is 42.1. The first-order valence-electron chi connectivity index (χ1n) is 19.2. The number of hydrogen-bond donors (Lipinski definition) is 3. The fraction of sp³-hybridized carbons (Fsp3) is 0.500. The molecule has 4 amide bonds. The van der Waals surface area contributed by atoms with E-state index in [2.05, 4.69) is 21.9 Å². The van der Waals surface area contributed by atoms with E-state index >= 15 is 0 Å². The molecule has 3 aromatic rings. The lowest BCUT2D eigenvalue weighted by atomic mass is 9.85. The molecular weight excluding hydrogens is 751 g/mol. The van der Waals surface area contributed by atoms with Crippen LogP contribution in [0.3, 0.4) is 0 Å². The van der Waals surface area contributed by atoms with E-state index in [1.165, 1.54) is 4.90 Å². The highest BCUT2D eigenvalue weighted by Gasteiger charge is 2.47. The fourth-order valence-electron chi connectivity index (χ4n) is 6.47. The number of fused-ring (bicyclic) bond motifs is 1. The zero-order valence-corrected chi connectivity index (χ0v) is 35.0. The van der Waals surface area contributed by atoms with Crippen LogP contribution in [0.5, 0.6) is 11.5 Å². The van der Waals surface area contributed by atoms with Gasteiger partial charge in [-0.25, -0.2) is 18.2 Å². The van der Waals surface area contributed by atoms with Crippen LogP contribution in [0.25, 0.3) is 22.2 Å². The summed E-state index contributed by atoms with van der Waals surface area (Å²) >= 11 is 0. The number of methoxy groups -OCH3 is 1. The molecule has 0 bridgehead atoms. The third-order valence-corrected chi connectivity index (χ3v) is 10.6. The van der Waals surface area contributed by atoms with Crippen molar-refractivity contribution < 1.29 is 41.8 Å². The summed E-state index contributed by atoms with van der Waals surface area (Å²) in [4.78, 5) is 61.5. The summed E-state index contributed by atoms with van der Waals surface area (Å²) in [5, 5.41) is 6.12. The second kappa shape index (κ2) is 18.8. The maximum Gasteiger partial charge on any atom is 0.408 e. The number of amides is 4. The number of allylic oxidation sites excluding steroid dienone is 1. The van der Waals surface area contributed by atoms with Crippen molar-refractivity contribution in [3.05, 3.63) is 67.3 Å². The monoisotopic (exact) mass is 807 g/mol. The number of carbonyl (C=O) groups excluding carboxylic acids is 4. The lowest BCUT2D eigenvalue weighted by molar-refractivity contribution is -0.142. The van der Waals surface area contributed by atoms with Gasteiger partial charge in [-0.1, -0.05) is 70.5 Å². The molecule has 3 N–H and O–H groups in total. The van der Waals surface area contributed by atoms with Crippen LogP contribution < -0.4 is 24.8 Å². The molecule has 14 nitrogen and oxygen atoms in total. The van der Waals surface area contributed by atoms with Crippen molar-refractivity contribution in [1.29, 1.82) is 0 Å². The first kappa shape index (κ1) is 44.5. The van der Waals surface area contributed by atoms with Gasteiger partial charge in [0, 0.05) is 29.5 Å². The number of likely N-dealkylation sites (tertiary alicyclic amines) is 1. The van der Waals surface area contributed by atoms with E-state index < -0.39 is 69.1 Å². The molecule has 4 rings (SSSR count). The fourth-order valence-corrected chi connectivity index (χ4v) is 7.57. The average Bonchev–Trinajstić information content (AvgIpc) is 3.56. The number of pyridine rings is 1. The summed E-state index contributed by atoms with van der Waals surface area (Å²) in [6, 6.07) is 13.3. The van der Waals surface area contributed by atoms with E-state index in [4.69, 9.17) is 19.2 Å². The Bertz CT molecular complexity index is 2030. The van der Waals surface area contributed by atoms with Crippen molar-refractivity contribution in [2.24, 2.45) is 5.41 Å². The lowest BCUT2D eigenvalue weighted by Gasteiger charge is -2.35. The SMILES string of the molecule is C=CCCCS(=O)(=O)NC(=O)[C@H](CCC)NC(=O)[C@@H]1C[C@@H](Oc2cc(-c3ccccc3)nc3cc(OC)ccc23)CN1C(=O)[C@@H](NC(=O)OC(C)(C)C)C(C)(C)C. The van der Waals surface area contributed by atoms with Gasteiger partial charge in [-0.05, 0) is 57.6 Å². The average molecular weight is 808 g/mol. The van der Waals surface area contributed by atoms with Crippen LogP contribution in [0, 0.1) is 5.41 Å². The number of sulfonamides is 1. The predicted molar refractivity (Wildman–Crippen MR) is 219 cm³/mol. The van der Waals surface area contributed by atoms with Crippen molar-refractivity contribution >= 4 is 44.7 Å². The number of alkyl carbamates (subject to hydrolysis) is 1. The number of ether oxygens (including phenoxy) is 3. The minimum atomic E-state index is -3.99.